The molecule has 2 N–H and O–H groups in total. The van der Waals surface area contributed by atoms with Crippen molar-refractivity contribution in [3.63, 3.8) is 0 Å². The molecule has 0 aromatic heterocycles. The van der Waals surface area contributed by atoms with Crippen molar-refractivity contribution in [3.05, 3.63) is 41.4 Å². The topological polar surface area (TPSA) is 131 Å². The van der Waals surface area contributed by atoms with Crippen LogP contribution in [0.3, 0.4) is 0 Å². The number of halogens is 1. The second-order valence-corrected chi connectivity index (χ2v) is 11.7. The van der Waals surface area contributed by atoms with Gasteiger partial charge in [-0.15, -0.1) is 0 Å². The smallest absolute Gasteiger partial charge is 0.248 e. The fourth-order valence-corrected chi connectivity index (χ4v) is 5.86. The Morgan fingerprint density at radius 1 is 0.971 bits per heavy atom. The van der Waals surface area contributed by atoms with Gasteiger partial charge in [-0.2, -0.15) is 0 Å². The zero-order chi connectivity index (χ0) is 25.8. The molecule has 0 aliphatic heterocycles. The van der Waals surface area contributed by atoms with Crippen LogP contribution in [-0.2, 0) is 24.8 Å². The molecule has 0 unspecified atom stereocenters. The molecule has 0 saturated carbocycles. The highest BCUT2D eigenvalue weighted by molar-refractivity contribution is 7.92. The van der Waals surface area contributed by atoms with Crippen LogP contribution in [0.2, 0.25) is 5.02 Å². The van der Waals surface area contributed by atoms with E-state index >= 15 is 0 Å². The highest BCUT2D eigenvalue weighted by Gasteiger charge is 2.30. The van der Waals surface area contributed by atoms with Crippen molar-refractivity contribution in [2.24, 2.45) is 0 Å². The molecule has 0 heterocycles. The summed E-state index contributed by atoms with van der Waals surface area (Å²) in [5.74, 6) is -0.182. The summed E-state index contributed by atoms with van der Waals surface area (Å²) < 4.78 is 63.9. The van der Waals surface area contributed by atoms with E-state index in [0.29, 0.717) is 5.75 Å². The van der Waals surface area contributed by atoms with E-state index in [2.05, 4.69) is 10.0 Å². The molecular formula is C21H28ClN3O7S2. The number of nitrogens with zero attached hydrogens (tertiary/aromatic N) is 1. The number of sulfonamides is 2. The Morgan fingerprint density at radius 2 is 1.56 bits per heavy atom. The van der Waals surface area contributed by atoms with Crippen molar-refractivity contribution in [3.8, 4) is 11.5 Å². The molecule has 0 radical (unpaired) electrons. The lowest BCUT2D eigenvalue weighted by atomic mass is 10.2. The number of hydrogen-bond acceptors (Lipinski definition) is 7. The predicted molar refractivity (Wildman–Crippen MR) is 132 cm³/mol. The van der Waals surface area contributed by atoms with Crippen molar-refractivity contribution < 1.29 is 31.1 Å². The molecule has 188 valence electrons. The van der Waals surface area contributed by atoms with Crippen LogP contribution in [0.25, 0.3) is 0 Å². The van der Waals surface area contributed by atoms with Gasteiger partial charge in [-0.3, -0.25) is 9.10 Å². The van der Waals surface area contributed by atoms with Gasteiger partial charge in [0.25, 0.3) is 0 Å². The number of ether oxygens (including phenoxy) is 2. The zero-order valence-corrected chi connectivity index (χ0v) is 22.0. The van der Waals surface area contributed by atoms with E-state index in [9.17, 15) is 21.6 Å². The van der Waals surface area contributed by atoms with Gasteiger partial charge in [0.05, 0.1) is 41.8 Å². The number of carbonyl (C=O) groups excluding carboxylic acids is 1. The molecule has 0 bridgehead atoms. The fraction of sp³-hybridized carbons (Fsp3) is 0.381. The summed E-state index contributed by atoms with van der Waals surface area (Å²) in [6.45, 7) is 4.75. The maximum atomic E-state index is 13.1. The Morgan fingerprint density at radius 3 is 2.06 bits per heavy atom. The van der Waals surface area contributed by atoms with E-state index in [1.54, 1.807) is 13.8 Å². The fourth-order valence-electron chi connectivity index (χ4n) is 3.17. The van der Waals surface area contributed by atoms with Crippen LogP contribution >= 0.6 is 11.6 Å². The van der Waals surface area contributed by atoms with Crippen molar-refractivity contribution in [2.45, 2.75) is 37.8 Å². The lowest BCUT2D eigenvalue weighted by molar-refractivity contribution is -0.116. The zero-order valence-electron chi connectivity index (χ0n) is 19.6. The summed E-state index contributed by atoms with van der Waals surface area (Å²) in [4.78, 5) is 13.0. The Balaban J connectivity index is 2.44. The standard InChI is InChI=1S/C21H28ClN3O7S2/c1-13(2)24-34(29,30)16-8-10-20(32-5)18(12-16)23-21(26)14(3)25(33(6,27)28)15-7-9-19(31-4)17(22)11-15/h7-14,24H,1-6H3,(H,23,26)/t14-/m1/s1. The highest BCUT2D eigenvalue weighted by atomic mass is 35.5. The third kappa shape index (κ3) is 6.53. The van der Waals surface area contributed by atoms with Crippen molar-refractivity contribution in [1.82, 2.24) is 4.72 Å². The molecule has 0 spiro atoms. The van der Waals surface area contributed by atoms with E-state index in [4.69, 9.17) is 21.1 Å². The number of rotatable bonds is 10. The van der Waals surface area contributed by atoms with Crippen molar-refractivity contribution in [1.29, 1.82) is 0 Å². The molecule has 1 amide bonds. The number of nitrogens with one attached hydrogen (secondary N) is 2. The number of carbonyl (C=O) groups is 1. The van der Waals surface area contributed by atoms with Crippen LogP contribution in [0.5, 0.6) is 11.5 Å². The molecule has 0 saturated heterocycles. The Kier molecular flexibility index (Phi) is 8.81. The number of amides is 1. The first-order chi connectivity index (χ1) is 15.7. The molecule has 0 aliphatic carbocycles. The van der Waals surface area contributed by atoms with Gasteiger partial charge >= 0.3 is 0 Å². The number of benzene rings is 2. The van der Waals surface area contributed by atoms with Crippen LogP contribution in [0.1, 0.15) is 20.8 Å². The first-order valence-electron chi connectivity index (χ1n) is 10.1. The first kappa shape index (κ1) is 27.7. The maximum Gasteiger partial charge on any atom is 0.248 e. The van der Waals surface area contributed by atoms with E-state index < -0.39 is 32.0 Å². The molecule has 1 atom stereocenters. The number of methoxy groups -OCH3 is 2. The largest absolute Gasteiger partial charge is 0.495 e. The van der Waals surface area contributed by atoms with Crippen LogP contribution < -0.4 is 23.8 Å². The molecule has 0 aliphatic rings. The second-order valence-electron chi connectivity index (χ2n) is 7.68. The van der Waals surface area contributed by atoms with Crippen molar-refractivity contribution >= 4 is 48.9 Å². The predicted octanol–water partition coefficient (Wildman–Crippen LogP) is 2.84. The van der Waals surface area contributed by atoms with E-state index in [1.165, 1.54) is 57.5 Å². The summed E-state index contributed by atoms with van der Waals surface area (Å²) in [7, 11) is -4.98. The van der Waals surface area contributed by atoms with Crippen LogP contribution in [-0.4, -0.2) is 55.3 Å². The van der Waals surface area contributed by atoms with E-state index in [0.717, 1.165) is 10.6 Å². The van der Waals surface area contributed by atoms with E-state index in [1.807, 2.05) is 0 Å². The summed E-state index contributed by atoms with van der Waals surface area (Å²) >= 11 is 6.15. The molecule has 10 nitrogen and oxygen atoms in total. The molecule has 2 rings (SSSR count). The number of anilines is 2. The van der Waals surface area contributed by atoms with Gasteiger partial charge in [0.15, 0.2) is 0 Å². The second kappa shape index (κ2) is 10.8. The van der Waals surface area contributed by atoms with Gasteiger partial charge in [-0.1, -0.05) is 11.6 Å². The van der Waals surface area contributed by atoms with Gasteiger partial charge in [0.2, 0.25) is 26.0 Å². The maximum absolute atomic E-state index is 13.1. The molecular weight excluding hydrogens is 506 g/mol. The summed E-state index contributed by atoms with van der Waals surface area (Å²) in [5, 5.41) is 2.73. The van der Waals surface area contributed by atoms with Crippen LogP contribution in [0.15, 0.2) is 41.3 Å². The van der Waals surface area contributed by atoms with Gasteiger partial charge in [-0.25, -0.2) is 21.6 Å². The van der Waals surface area contributed by atoms with Crippen molar-refractivity contribution in [2.75, 3.05) is 30.1 Å². The third-order valence-electron chi connectivity index (χ3n) is 4.61. The lowest BCUT2D eigenvalue weighted by Crippen LogP contribution is -2.45. The summed E-state index contributed by atoms with van der Waals surface area (Å²) in [5.41, 5.74) is 0.215. The normalized spacial score (nSPS) is 12.8. The monoisotopic (exact) mass is 533 g/mol. The minimum Gasteiger partial charge on any atom is -0.495 e. The first-order valence-corrected chi connectivity index (χ1v) is 13.8. The summed E-state index contributed by atoms with van der Waals surface area (Å²) in [6, 6.07) is 6.72. The van der Waals surface area contributed by atoms with Crippen LogP contribution in [0.4, 0.5) is 11.4 Å². The molecule has 2 aromatic carbocycles. The molecule has 2 aromatic rings. The Labute approximate surface area is 205 Å². The average molecular weight is 534 g/mol. The molecule has 0 fully saturated rings. The van der Waals surface area contributed by atoms with Gasteiger partial charge < -0.3 is 14.8 Å². The highest BCUT2D eigenvalue weighted by Crippen LogP contribution is 2.32. The van der Waals surface area contributed by atoms with E-state index in [-0.39, 0.29) is 33.1 Å². The van der Waals surface area contributed by atoms with Gasteiger partial charge in [0, 0.05) is 6.04 Å². The average Bonchev–Trinajstić information content (AvgIpc) is 2.72. The molecule has 13 heteroatoms. The van der Waals surface area contributed by atoms with Gasteiger partial charge in [0.1, 0.15) is 17.5 Å². The minimum atomic E-state index is -3.92. The number of hydrogen-bond donors (Lipinski definition) is 2. The Hall–Kier alpha value is -2.54. The SMILES string of the molecule is COc1ccc(N([C@H](C)C(=O)Nc2cc(S(=O)(=O)NC(C)C)ccc2OC)S(C)(=O)=O)cc1Cl. The Bertz CT molecular complexity index is 1270. The lowest BCUT2D eigenvalue weighted by Gasteiger charge is -2.28. The third-order valence-corrected chi connectivity index (χ3v) is 7.80. The summed E-state index contributed by atoms with van der Waals surface area (Å²) in [6.07, 6.45) is 0.959. The minimum absolute atomic E-state index is 0.0622. The molecule has 34 heavy (non-hydrogen) atoms. The van der Waals surface area contributed by atoms with Gasteiger partial charge in [-0.05, 0) is 57.2 Å². The van der Waals surface area contributed by atoms with Crippen LogP contribution in [0, 0.1) is 0 Å². The quantitative estimate of drug-likeness (QED) is 0.480.